The molecule has 0 radical (unpaired) electrons. The van der Waals surface area contributed by atoms with Gasteiger partial charge in [0.1, 0.15) is 5.75 Å². The van der Waals surface area contributed by atoms with Gasteiger partial charge in [0.15, 0.2) is 5.11 Å². The summed E-state index contributed by atoms with van der Waals surface area (Å²) in [6, 6.07) is 14.4. The average molecular weight is 329 g/mol. The average Bonchev–Trinajstić information content (AvgIpc) is 2.57. The molecule has 0 aliphatic heterocycles. The van der Waals surface area contributed by atoms with Gasteiger partial charge in [-0.25, -0.2) is 0 Å². The van der Waals surface area contributed by atoms with Crippen LogP contribution in [-0.4, -0.2) is 24.7 Å². The van der Waals surface area contributed by atoms with Crippen LogP contribution >= 0.6 is 12.2 Å². The van der Waals surface area contributed by atoms with Crippen molar-refractivity contribution in [2.45, 2.75) is 6.92 Å². The third-order valence-corrected chi connectivity index (χ3v) is 3.33. The number of anilines is 2. The van der Waals surface area contributed by atoms with E-state index < -0.39 is 0 Å². The number of amides is 1. The maximum absolute atomic E-state index is 12.2. The minimum atomic E-state index is -0.187. The number of ether oxygens (including phenoxy) is 1. The van der Waals surface area contributed by atoms with Crippen molar-refractivity contribution in [1.29, 1.82) is 0 Å². The van der Waals surface area contributed by atoms with Crippen molar-refractivity contribution in [1.82, 2.24) is 5.32 Å². The van der Waals surface area contributed by atoms with Crippen molar-refractivity contribution >= 4 is 34.6 Å². The van der Waals surface area contributed by atoms with Crippen LogP contribution in [0.2, 0.25) is 0 Å². The Balaban J connectivity index is 2.13. The van der Waals surface area contributed by atoms with Gasteiger partial charge in [-0.15, -0.1) is 0 Å². The van der Waals surface area contributed by atoms with Crippen molar-refractivity contribution in [2.75, 3.05) is 24.3 Å². The van der Waals surface area contributed by atoms with Gasteiger partial charge >= 0.3 is 0 Å². The Hall–Kier alpha value is -2.60. The highest BCUT2D eigenvalue weighted by molar-refractivity contribution is 7.80. The van der Waals surface area contributed by atoms with Crippen LogP contribution in [0.3, 0.4) is 0 Å². The molecule has 2 aromatic rings. The van der Waals surface area contributed by atoms with Crippen LogP contribution in [-0.2, 0) is 0 Å². The molecule has 1 amide bonds. The smallest absolute Gasteiger partial charge is 0.255 e. The van der Waals surface area contributed by atoms with Crippen LogP contribution in [0.5, 0.6) is 5.75 Å². The number of thiocarbonyl (C=S) groups is 1. The van der Waals surface area contributed by atoms with Gasteiger partial charge in [-0.3, -0.25) is 4.79 Å². The van der Waals surface area contributed by atoms with Crippen LogP contribution in [0.25, 0.3) is 0 Å². The van der Waals surface area contributed by atoms with E-state index in [1.54, 1.807) is 31.4 Å². The van der Waals surface area contributed by atoms with Gasteiger partial charge in [0.05, 0.1) is 12.8 Å². The van der Waals surface area contributed by atoms with E-state index >= 15 is 0 Å². The van der Waals surface area contributed by atoms with Gasteiger partial charge in [0.25, 0.3) is 5.91 Å². The monoisotopic (exact) mass is 329 g/mol. The van der Waals surface area contributed by atoms with Gasteiger partial charge in [-0.1, -0.05) is 18.2 Å². The predicted octanol–water partition coefficient (Wildman–Crippen LogP) is 3.25. The number of hydrogen-bond acceptors (Lipinski definition) is 3. The highest BCUT2D eigenvalue weighted by Gasteiger charge is 2.10. The summed E-state index contributed by atoms with van der Waals surface area (Å²) in [6.07, 6.45) is 0. The van der Waals surface area contributed by atoms with E-state index in [-0.39, 0.29) is 5.91 Å². The van der Waals surface area contributed by atoms with Crippen LogP contribution in [0.4, 0.5) is 11.4 Å². The van der Waals surface area contributed by atoms with Crippen molar-refractivity contribution < 1.29 is 9.53 Å². The number of carbonyl (C=O) groups excluding carboxylic acids is 1. The Morgan fingerprint density at radius 3 is 2.52 bits per heavy atom. The topological polar surface area (TPSA) is 62.4 Å². The lowest BCUT2D eigenvalue weighted by Gasteiger charge is -2.14. The lowest BCUT2D eigenvalue weighted by molar-refractivity contribution is 0.102. The molecule has 0 aromatic heterocycles. The maximum atomic E-state index is 12.2. The van der Waals surface area contributed by atoms with Gasteiger partial charge in [-0.2, -0.15) is 0 Å². The van der Waals surface area contributed by atoms with Gasteiger partial charge in [0, 0.05) is 23.9 Å². The molecule has 0 spiro atoms. The molecule has 2 rings (SSSR count). The summed E-state index contributed by atoms with van der Waals surface area (Å²) in [5.74, 6) is 0.367. The third-order valence-electron chi connectivity index (χ3n) is 3.08. The molecule has 5 nitrogen and oxygen atoms in total. The number of rotatable bonds is 5. The summed E-state index contributed by atoms with van der Waals surface area (Å²) >= 11 is 5.15. The molecule has 0 saturated heterocycles. The number of benzene rings is 2. The molecule has 0 aliphatic rings. The number of methoxy groups -OCH3 is 1. The van der Waals surface area contributed by atoms with E-state index in [1.165, 1.54) is 0 Å². The molecule has 3 N–H and O–H groups in total. The molecule has 0 fully saturated rings. The minimum Gasteiger partial charge on any atom is -0.494 e. The molecule has 120 valence electrons. The van der Waals surface area contributed by atoms with Crippen molar-refractivity contribution in [3.05, 3.63) is 54.1 Å². The second kappa shape index (κ2) is 8.14. The van der Waals surface area contributed by atoms with Crippen molar-refractivity contribution in [2.24, 2.45) is 0 Å². The summed E-state index contributed by atoms with van der Waals surface area (Å²) in [6.45, 7) is 2.71. The molecule has 0 unspecified atom stereocenters. The number of nitrogens with one attached hydrogen (secondary N) is 3. The van der Waals surface area contributed by atoms with E-state index in [0.29, 0.717) is 22.1 Å². The summed E-state index contributed by atoms with van der Waals surface area (Å²) in [4.78, 5) is 12.2. The first-order valence-corrected chi connectivity index (χ1v) is 7.64. The van der Waals surface area contributed by atoms with E-state index in [1.807, 2.05) is 31.2 Å². The second-order valence-electron chi connectivity index (χ2n) is 4.72. The van der Waals surface area contributed by atoms with Crippen molar-refractivity contribution in [3.8, 4) is 5.75 Å². The normalized spacial score (nSPS) is 9.83. The molecular formula is C17H19N3O2S. The van der Waals surface area contributed by atoms with Crippen LogP contribution in [0, 0.1) is 0 Å². The molecule has 0 saturated carbocycles. The van der Waals surface area contributed by atoms with Crippen LogP contribution in [0.1, 0.15) is 17.3 Å². The molecule has 0 heterocycles. The van der Waals surface area contributed by atoms with Crippen LogP contribution < -0.4 is 20.7 Å². The molecule has 23 heavy (non-hydrogen) atoms. The van der Waals surface area contributed by atoms with Crippen LogP contribution in [0.15, 0.2) is 48.5 Å². The highest BCUT2D eigenvalue weighted by Crippen LogP contribution is 2.28. The lowest BCUT2D eigenvalue weighted by Crippen LogP contribution is -2.27. The van der Waals surface area contributed by atoms with E-state index in [4.69, 9.17) is 17.0 Å². The number of hydrogen-bond donors (Lipinski definition) is 3. The first-order chi connectivity index (χ1) is 11.1. The fourth-order valence-corrected chi connectivity index (χ4v) is 2.25. The predicted molar refractivity (Wildman–Crippen MR) is 97.3 cm³/mol. The van der Waals surface area contributed by atoms with Gasteiger partial charge in [0.2, 0.25) is 0 Å². The Morgan fingerprint density at radius 1 is 1.13 bits per heavy atom. The molecule has 6 heteroatoms. The maximum Gasteiger partial charge on any atom is 0.255 e. The van der Waals surface area contributed by atoms with E-state index in [2.05, 4.69) is 16.0 Å². The Kier molecular flexibility index (Phi) is 5.94. The first-order valence-electron chi connectivity index (χ1n) is 7.23. The quantitative estimate of drug-likeness (QED) is 0.735. The fraction of sp³-hybridized carbons (Fsp3) is 0.176. The first kappa shape index (κ1) is 16.8. The molecule has 0 aliphatic carbocycles. The zero-order valence-electron chi connectivity index (χ0n) is 13.1. The Bertz CT molecular complexity index is 689. The lowest BCUT2D eigenvalue weighted by atomic mass is 10.2. The zero-order valence-corrected chi connectivity index (χ0v) is 13.9. The molecular weight excluding hydrogens is 310 g/mol. The highest BCUT2D eigenvalue weighted by atomic mass is 32.1. The van der Waals surface area contributed by atoms with Gasteiger partial charge in [-0.05, 0) is 43.4 Å². The zero-order chi connectivity index (χ0) is 16.7. The summed E-state index contributed by atoms with van der Waals surface area (Å²) in [5.41, 5.74) is 1.97. The van der Waals surface area contributed by atoms with Gasteiger partial charge < -0.3 is 20.7 Å². The largest absolute Gasteiger partial charge is 0.494 e. The Morgan fingerprint density at radius 2 is 1.87 bits per heavy atom. The standard InChI is InChI=1S/C17H19N3O2S/c1-3-18-17(23)19-13-9-10-14(15(11-13)22-2)20-16(21)12-7-5-4-6-8-12/h4-11H,3H2,1-2H3,(H,20,21)(H2,18,19,23). The Labute approximate surface area is 141 Å². The number of carbonyl (C=O) groups is 1. The minimum absolute atomic E-state index is 0.187. The molecule has 2 aromatic carbocycles. The third kappa shape index (κ3) is 4.69. The van der Waals surface area contributed by atoms with Crippen molar-refractivity contribution in [3.63, 3.8) is 0 Å². The fourth-order valence-electron chi connectivity index (χ4n) is 1.99. The summed E-state index contributed by atoms with van der Waals surface area (Å²) < 4.78 is 5.35. The SMILES string of the molecule is CCNC(=S)Nc1ccc(NC(=O)c2ccccc2)c(OC)c1. The summed E-state index contributed by atoms with van der Waals surface area (Å²) in [7, 11) is 1.56. The van der Waals surface area contributed by atoms with E-state index in [0.717, 1.165) is 12.2 Å². The summed E-state index contributed by atoms with van der Waals surface area (Å²) in [5, 5.41) is 9.45. The molecule has 0 bridgehead atoms. The second-order valence-corrected chi connectivity index (χ2v) is 5.13. The van der Waals surface area contributed by atoms with E-state index in [9.17, 15) is 4.79 Å². The molecule has 0 atom stereocenters.